The van der Waals surface area contributed by atoms with Crippen molar-refractivity contribution < 1.29 is 0 Å². The molecule has 0 amide bonds. The van der Waals surface area contributed by atoms with Crippen molar-refractivity contribution in [1.29, 1.82) is 0 Å². The molecule has 0 unspecified atom stereocenters. The lowest BCUT2D eigenvalue weighted by Gasteiger charge is -2.28. The highest BCUT2D eigenvalue weighted by atomic mass is 15.1. The van der Waals surface area contributed by atoms with E-state index in [1.54, 1.807) is 0 Å². The summed E-state index contributed by atoms with van der Waals surface area (Å²) in [5.41, 5.74) is 2.99. The SMILES string of the molecule is CN(C)CC(C)(C)CNc1ccc2c(n1)CCC2. The second kappa shape index (κ2) is 5.27. The third kappa shape index (κ3) is 3.45. The van der Waals surface area contributed by atoms with Crippen LogP contribution in [0.4, 0.5) is 5.82 Å². The monoisotopic (exact) mass is 247 g/mol. The van der Waals surface area contributed by atoms with E-state index in [1.165, 1.54) is 24.1 Å². The molecule has 1 aliphatic carbocycles. The largest absolute Gasteiger partial charge is 0.369 e. The van der Waals surface area contributed by atoms with Crippen molar-refractivity contribution in [3.05, 3.63) is 23.4 Å². The predicted molar refractivity (Wildman–Crippen MR) is 77.1 cm³/mol. The number of hydrogen-bond donors (Lipinski definition) is 1. The fraction of sp³-hybridized carbons (Fsp3) is 0.667. The van der Waals surface area contributed by atoms with Crippen molar-refractivity contribution in [3.8, 4) is 0 Å². The van der Waals surface area contributed by atoms with Gasteiger partial charge in [-0.1, -0.05) is 19.9 Å². The summed E-state index contributed by atoms with van der Waals surface area (Å²) in [6, 6.07) is 4.35. The first-order chi connectivity index (χ1) is 8.46. The van der Waals surface area contributed by atoms with Gasteiger partial charge in [0, 0.05) is 18.8 Å². The number of fused-ring (bicyclic) bond motifs is 1. The third-order valence-corrected chi connectivity index (χ3v) is 3.42. The van der Waals surface area contributed by atoms with Crippen LogP contribution < -0.4 is 5.32 Å². The summed E-state index contributed by atoms with van der Waals surface area (Å²) in [5, 5.41) is 3.48. The Morgan fingerprint density at radius 1 is 1.28 bits per heavy atom. The molecule has 1 aromatic rings. The number of aryl methyl sites for hydroxylation is 2. The quantitative estimate of drug-likeness (QED) is 0.867. The maximum absolute atomic E-state index is 4.71. The topological polar surface area (TPSA) is 28.2 Å². The molecule has 3 heteroatoms. The first kappa shape index (κ1) is 13.3. The lowest BCUT2D eigenvalue weighted by Crippen LogP contribution is -2.34. The van der Waals surface area contributed by atoms with E-state index in [1.807, 2.05) is 0 Å². The summed E-state index contributed by atoms with van der Waals surface area (Å²) in [7, 11) is 4.24. The second-order valence-electron chi connectivity index (χ2n) is 6.41. The molecule has 0 saturated carbocycles. The van der Waals surface area contributed by atoms with Crippen LogP contribution in [-0.2, 0) is 12.8 Å². The summed E-state index contributed by atoms with van der Waals surface area (Å²) in [4.78, 5) is 6.94. The van der Waals surface area contributed by atoms with Crippen molar-refractivity contribution in [2.24, 2.45) is 5.41 Å². The number of rotatable bonds is 5. The molecule has 100 valence electrons. The van der Waals surface area contributed by atoms with Gasteiger partial charge in [0.1, 0.15) is 5.82 Å². The Morgan fingerprint density at radius 3 is 2.78 bits per heavy atom. The van der Waals surface area contributed by atoms with E-state index in [2.05, 4.69) is 50.3 Å². The molecular formula is C15H25N3. The molecule has 0 aromatic carbocycles. The van der Waals surface area contributed by atoms with E-state index < -0.39 is 0 Å². The second-order valence-corrected chi connectivity index (χ2v) is 6.41. The third-order valence-electron chi connectivity index (χ3n) is 3.42. The Hall–Kier alpha value is -1.09. The van der Waals surface area contributed by atoms with Crippen LogP contribution in [0.15, 0.2) is 12.1 Å². The number of pyridine rings is 1. The number of nitrogens with zero attached hydrogens (tertiary/aromatic N) is 2. The molecule has 1 N–H and O–H groups in total. The van der Waals surface area contributed by atoms with Gasteiger partial charge in [-0.25, -0.2) is 4.98 Å². The molecule has 18 heavy (non-hydrogen) atoms. The van der Waals surface area contributed by atoms with E-state index in [-0.39, 0.29) is 5.41 Å². The molecule has 2 rings (SSSR count). The minimum absolute atomic E-state index is 0.254. The highest BCUT2D eigenvalue weighted by Crippen LogP contribution is 2.22. The standard InChI is InChI=1S/C15H25N3/c1-15(2,11-18(3)4)10-16-14-9-8-12-6-5-7-13(12)17-14/h8-9H,5-7,10-11H2,1-4H3,(H,16,17). The zero-order valence-electron chi connectivity index (χ0n) is 12.1. The fourth-order valence-electron chi connectivity index (χ4n) is 2.76. The van der Waals surface area contributed by atoms with Crippen LogP contribution in [0.3, 0.4) is 0 Å². The Labute approximate surface area is 111 Å². The van der Waals surface area contributed by atoms with Gasteiger partial charge in [-0.05, 0) is 50.4 Å². The molecule has 0 saturated heterocycles. The Kier molecular flexibility index (Phi) is 3.91. The molecule has 1 aliphatic rings. The number of nitrogens with one attached hydrogen (secondary N) is 1. The molecule has 1 heterocycles. The zero-order chi connectivity index (χ0) is 13.2. The number of aromatic nitrogens is 1. The highest BCUT2D eigenvalue weighted by molar-refractivity contribution is 5.40. The number of hydrogen-bond acceptors (Lipinski definition) is 3. The molecule has 0 atom stereocenters. The maximum Gasteiger partial charge on any atom is 0.126 e. The van der Waals surface area contributed by atoms with Crippen LogP contribution in [-0.4, -0.2) is 37.1 Å². The van der Waals surface area contributed by atoms with Crippen molar-refractivity contribution >= 4 is 5.82 Å². The molecule has 0 fully saturated rings. The summed E-state index contributed by atoms with van der Waals surface area (Å²) in [6.45, 7) is 6.60. The van der Waals surface area contributed by atoms with E-state index in [0.717, 1.165) is 25.3 Å². The molecule has 1 aromatic heterocycles. The normalized spacial score (nSPS) is 14.9. The Balaban J connectivity index is 1.94. The van der Waals surface area contributed by atoms with Crippen LogP contribution >= 0.6 is 0 Å². The average molecular weight is 247 g/mol. The smallest absolute Gasteiger partial charge is 0.126 e. The van der Waals surface area contributed by atoms with Gasteiger partial charge in [0.15, 0.2) is 0 Å². The lowest BCUT2D eigenvalue weighted by molar-refractivity contribution is 0.254. The summed E-state index contributed by atoms with van der Waals surface area (Å²) < 4.78 is 0. The Bertz CT molecular complexity index is 410. The molecule has 3 nitrogen and oxygen atoms in total. The van der Waals surface area contributed by atoms with Crippen molar-refractivity contribution in [3.63, 3.8) is 0 Å². The fourth-order valence-corrected chi connectivity index (χ4v) is 2.76. The van der Waals surface area contributed by atoms with Gasteiger partial charge >= 0.3 is 0 Å². The van der Waals surface area contributed by atoms with Crippen LogP contribution in [0, 0.1) is 5.41 Å². The van der Waals surface area contributed by atoms with Crippen LogP contribution in [0.25, 0.3) is 0 Å². The minimum atomic E-state index is 0.254. The van der Waals surface area contributed by atoms with Crippen molar-refractivity contribution in [2.75, 3.05) is 32.5 Å². The van der Waals surface area contributed by atoms with E-state index in [0.29, 0.717) is 0 Å². The highest BCUT2D eigenvalue weighted by Gasteiger charge is 2.19. The number of anilines is 1. The van der Waals surface area contributed by atoms with E-state index in [9.17, 15) is 0 Å². The van der Waals surface area contributed by atoms with Gasteiger partial charge in [0.05, 0.1) is 0 Å². The zero-order valence-corrected chi connectivity index (χ0v) is 12.1. The maximum atomic E-state index is 4.71. The molecule has 0 bridgehead atoms. The van der Waals surface area contributed by atoms with Gasteiger partial charge in [-0.3, -0.25) is 0 Å². The molecule has 0 aliphatic heterocycles. The summed E-state index contributed by atoms with van der Waals surface area (Å²) in [5.74, 6) is 1.03. The van der Waals surface area contributed by atoms with Crippen molar-refractivity contribution in [1.82, 2.24) is 9.88 Å². The summed E-state index contributed by atoms with van der Waals surface area (Å²) in [6.07, 6.45) is 3.61. The lowest BCUT2D eigenvalue weighted by atomic mass is 9.93. The van der Waals surface area contributed by atoms with Gasteiger partial charge in [-0.15, -0.1) is 0 Å². The predicted octanol–water partition coefficient (Wildman–Crippen LogP) is 2.57. The van der Waals surface area contributed by atoms with E-state index >= 15 is 0 Å². The minimum Gasteiger partial charge on any atom is -0.369 e. The van der Waals surface area contributed by atoms with Gasteiger partial charge in [0.25, 0.3) is 0 Å². The van der Waals surface area contributed by atoms with Crippen LogP contribution in [0.5, 0.6) is 0 Å². The first-order valence-corrected chi connectivity index (χ1v) is 6.84. The molecule has 0 radical (unpaired) electrons. The van der Waals surface area contributed by atoms with Gasteiger partial charge in [-0.2, -0.15) is 0 Å². The van der Waals surface area contributed by atoms with E-state index in [4.69, 9.17) is 4.98 Å². The molecular weight excluding hydrogens is 222 g/mol. The van der Waals surface area contributed by atoms with Crippen LogP contribution in [0.2, 0.25) is 0 Å². The Morgan fingerprint density at radius 2 is 2.06 bits per heavy atom. The molecule has 0 spiro atoms. The van der Waals surface area contributed by atoms with Gasteiger partial charge < -0.3 is 10.2 Å². The first-order valence-electron chi connectivity index (χ1n) is 6.84. The van der Waals surface area contributed by atoms with Crippen LogP contribution in [0.1, 0.15) is 31.5 Å². The van der Waals surface area contributed by atoms with Gasteiger partial charge in [0.2, 0.25) is 0 Å². The summed E-state index contributed by atoms with van der Waals surface area (Å²) >= 11 is 0. The average Bonchev–Trinajstić information content (AvgIpc) is 2.71. The van der Waals surface area contributed by atoms with Crippen molar-refractivity contribution in [2.45, 2.75) is 33.1 Å².